The number of ether oxygens (including phenoxy) is 1. The highest BCUT2D eigenvalue weighted by Gasteiger charge is 2.59. The predicted molar refractivity (Wildman–Crippen MR) is 75.0 cm³/mol. The van der Waals surface area contributed by atoms with E-state index < -0.39 is 0 Å². The van der Waals surface area contributed by atoms with Crippen LogP contribution < -0.4 is 4.74 Å². The molecule has 0 N–H and O–H groups in total. The molecule has 20 heavy (non-hydrogen) atoms. The standard InChI is InChI=1S/C17H21NO2/c1-11-14-6-12-5-13(7-14)9-17(11,8-12)16(19)20-15-3-2-4-18-10-15/h2-4,10-14H,5-9H2,1H3. The molecule has 4 aliphatic carbocycles. The van der Waals surface area contributed by atoms with E-state index in [0.29, 0.717) is 11.7 Å². The van der Waals surface area contributed by atoms with Crippen molar-refractivity contribution >= 4 is 5.97 Å². The quantitative estimate of drug-likeness (QED) is 0.773. The van der Waals surface area contributed by atoms with Gasteiger partial charge in [-0.3, -0.25) is 9.78 Å². The average molecular weight is 271 g/mol. The van der Waals surface area contributed by atoms with Gasteiger partial charge in [-0.2, -0.15) is 0 Å². The molecule has 0 spiro atoms. The van der Waals surface area contributed by atoms with Crippen molar-refractivity contribution in [3.05, 3.63) is 24.5 Å². The monoisotopic (exact) mass is 271 g/mol. The minimum Gasteiger partial charge on any atom is -0.424 e. The van der Waals surface area contributed by atoms with Crippen LogP contribution in [0.1, 0.15) is 39.0 Å². The molecule has 0 saturated heterocycles. The van der Waals surface area contributed by atoms with Crippen LogP contribution in [0.2, 0.25) is 0 Å². The van der Waals surface area contributed by atoms with Crippen LogP contribution in [0.15, 0.2) is 24.5 Å². The van der Waals surface area contributed by atoms with E-state index in [1.165, 1.54) is 19.3 Å². The maximum atomic E-state index is 12.8. The van der Waals surface area contributed by atoms with Gasteiger partial charge in [0.05, 0.1) is 11.6 Å². The highest BCUT2D eigenvalue weighted by Crippen LogP contribution is 2.63. The van der Waals surface area contributed by atoms with Crippen LogP contribution in [0.4, 0.5) is 0 Å². The molecule has 3 heteroatoms. The molecule has 4 fully saturated rings. The lowest BCUT2D eigenvalue weighted by Crippen LogP contribution is -2.56. The lowest BCUT2D eigenvalue weighted by atomic mass is 9.45. The normalized spacial score (nSPS) is 41.6. The molecule has 0 aromatic carbocycles. The third kappa shape index (κ3) is 1.72. The summed E-state index contributed by atoms with van der Waals surface area (Å²) in [5.74, 6) is 3.30. The molecule has 1 heterocycles. The molecule has 4 bridgehead atoms. The number of nitrogens with zero attached hydrogens (tertiary/aromatic N) is 1. The summed E-state index contributed by atoms with van der Waals surface area (Å²) in [6.07, 6.45) is 9.42. The zero-order valence-electron chi connectivity index (χ0n) is 11.9. The third-order valence-electron chi connectivity index (χ3n) is 6.07. The van der Waals surface area contributed by atoms with Crippen LogP contribution in [0, 0.1) is 29.1 Å². The van der Waals surface area contributed by atoms with Gasteiger partial charge in [-0.25, -0.2) is 0 Å². The number of aromatic nitrogens is 1. The molecule has 3 atom stereocenters. The molecule has 3 nitrogen and oxygen atoms in total. The number of esters is 1. The molecule has 4 saturated carbocycles. The Morgan fingerprint density at radius 2 is 2.05 bits per heavy atom. The van der Waals surface area contributed by atoms with E-state index in [0.717, 1.165) is 30.6 Å². The summed E-state index contributed by atoms with van der Waals surface area (Å²) in [5, 5.41) is 0. The Hall–Kier alpha value is -1.38. The summed E-state index contributed by atoms with van der Waals surface area (Å²) >= 11 is 0. The summed E-state index contributed by atoms with van der Waals surface area (Å²) in [4.78, 5) is 16.9. The Labute approximate surface area is 119 Å². The van der Waals surface area contributed by atoms with Gasteiger partial charge in [-0.1, -0.05) is 6.92 Å². The van der Waals surface area contributed by atoms with Crippen LogP contribution in [-0.2, 0) is 4.79 Å². The van der Waals surface area contributed by atoms with Crippen molar-refractivity contribution in [1.29, 1.82) is 0 Å². The maximum Gasteiger partial charge on any atom is 0.317 e. The highest BCUT2D eigenvalue weighted by molar-refractivity contribution is 5.80. The first-order chi connectivity index (χ1) is 9.67. The van der Waals surface area contributed by atoms with Crippen molar-refractivity contribution < 1.29 is 9.53 Å². The van der Waals surface area contributed by atoms with E-state index in [9.17, 15) is 4.79 Å². The maximum absolute atomic E-state index is 12.8. The van der Waals surface area contributed by atoms with Gasteiger partial charge in [0.15, 0.2) is 0 Å². The summed E-state index contributed by atoms with van der Waals surface area (Å²) in [5.41, 5.74) is -0.218. The van der Waals surface area contributed by atoms with Crippen LogP contribution >= 0.6 is 0 Å². The number of hydrogen-bond donors (Lipinski definition) is 0. The fourth-order valence-corrected chi connectivity index (χ4v) is 5.26. The number of pyridine rings is 1. The molecule has 0 amide bonds. The Morgan fingerprint density at radius 3 is 2.70 bits per heavy atom. The Kier molecular flexibility index (Phi) is 2.66. The Morgan fingerprint density at radius 1 is 1.30 bits per heavy atom. The lowest BCUT2D eigenvalue weighted by molar-refractivity contribution is -0.172. The second-order valence-corrected chi connectivity index (χ2v) is 7.13. The van der Waals surface area contributed by atoms with Gasteiger partial charge in [0.2, 0.25) is 0 Å². The topological polar surface area (TPSA) is 39.2 Å². The van der Waals surface area contributed by atoms with Gasteiger partial charge in [-0.15, -0.1) is 0 Å². The van der Waals surface area contributed by atoms with Gasteiger partial charge in [0.1, 0.15) is 5.75 Å². The van der Waals surface area contributed by atoms with E-state index in [1.54, 1.807) is 12.4 Å². The van der Waals surface area contributed by atoms with E-state index in [-0.39, 0.29) is 11.4 Å². The second kappa shape index (κ2) is 4.31. The first-order valence-electron chi connectivity index (χ1n) is 7.80. The van der Waals surface area contributed by atoms with Crippen LogP contribution in [0.5, 0.6) is 5.75 Å². The molecule has 0 aliphatic heterocycles. The Balaban J connectivity index is 1.61. The molecule has 1 aromatic rings. The molecule has 4 aliphatic rings. The van der Waals surface area contributed by atoms with Crippen LogP contribution in [-0.4, -0.2) is 11.0 Å². The zero-order chi connectivity index (χ0) is 13.7. The largest absolute Gasteiger partial charge is 0.424 e. The molecule has 106 valence electrons. The number of rotatable bonds is 2. The minimum absolute atomic E-state index is 0.00269. The molecule has 5 rings (SSSR count). The summed E-state index contributed by atoms with van der Waals surface area (Å²) < 4.78 is 5.67. The number of carbonyl (C=O) groups excluding carboxylic acids is 1. The minimum atomic E-state index is -0.218. The van der Waals surface area contributed by atoms with Gasteiger partial charge in [-0.05, 0) is 67.9 Å². The fourth-order valence-electron chi connectivity index (χ4n) is 5.26. The highest BCUT2D eigenvalue weighted by atomic mass is 16.5. The number of hydrogen-bond acceptors (Lipinski definition) is 3. The summed E-state index contributed by atoms with van der Waals surface area (Å²) in [6, 6.07) is 3.63. The first-order valence-corrected chi connectivity index (χ1v) is 7.80. The van der Waals surface area contributed by atoms with E-state index >= 15 is 0 Å². The molecular formula is C17H21NO2. The Bertz CT molecular complexity index is 513. The van der Waals surface area contributed by atoms with Crippen molar-refractivity contribution in [2.75, 3.05) is 0 Å². The third-order valence-corrected chi connectivity index (χ3v) is 6.07. The van der Waals surface area contributed by atoms with Gasteiger partial charge >= 0.3 is 5.97 Å². The fraction of sp³-hybridized carbons (Fsp3) is 0.647. The van der Waals surface area contributed by atoms with Crippen molar-refractivity contribution in [2.24, 2.45) is 29.1 Å². The van der Waals surface area contributed by atoms with Gasteiger partial charge in [0.25, 0.3) is 0 Å². The van der Waals surface area contributed by atoms with Crippen molar-refractivity contribution in [2.45, 2.75) is 39.0 Å². The van der Waals surface area contributed by atoms with Crippen LogP contribution in [0.3, 0.4) is 0 Å². The molecular weight excluding hydrogens is 250 g/mol. The van der Waals surface area contributed by atoms with Gasteiger partial charge < -0.3 is 4.74 Å². The lowest BCUT2D eigenvalue weighted by Gasteiger charge is -2.58. The molecule has 1 aromatic heterocycles. The molecule has 0 radical (unpaired) electrons. The van der Waals surface area contributed by atoms with E-state index in [2.05, 4.69) is 11.9 Å². The van der Waals surface area contributed by atoms with Crippen molar-refractivity contribution in [3.63, 3.8) is 0 Å². The summed E-state index contributed by atoms with van der Waals surface area (Å²) in [6.45, 7) is 2.27. The van der Waals surface area contributed by atoms with E-state index in [1.807, 2.05) is 12.1 Å². The van der Waals surface area contributed by atoms with Crippen molar-refractivity contribution in [3.8, 4) is 5.75 Å². The van der Waals surface area contributed by atoms with Crippen LogP contribution in [0.25, 0.3) is 0 Å². The summed E-state index contributed by atoms with van der Waals surface area (Å²) in [7, 11) is 0. The van der Waals surface area contributed by atoms with Crippen molar-refractivity contribution in [1.82, 2.24) is 4.98 Å². The first kappa shape index (κ1) is 12.4. The smallest absolute Gasteiger partial charge is 0.317 e. The molecule has 3 unspecified atom stereocenters. The average Bonchev–Trinajstić information content (AvgIpc) is 2.44. The predicted octanol–water partition coefficient (Wildman–Crippen LogP) is 3.45. The van der Waals surface area contributed by atoms with Gasteiger partial charge in [0, 0.05) is 6.20 Å². The zero-order valence-corrected chi connectivity index (χ0v) is 11.9. The SMILES string of the molecule is CC1C2CC3CC(C2)CC1(C(=O)Oc1cccnc1)C3. The van der Waals surface area contributed by atoms with E-state index in [4.69, 9.17) is 4.74 Å². The number of carbonyl (C=O) groups is 1. The second-order valence-electron chi connectivity index (χ2n) is 7.13.